The zero-order valence-corrected chi connectivity index (χ0v) is 10.9. The molecule has 20 heavy (non-hydrogen) atoms. The first-order valence-electron chi connectivity index (χ1n) is 6.33. The molecule has 0 saturated carbocycles. The molecule has 1 N–H and O–H groups in total. The molecule has 8 heteroatoms. The van der Waals surface area contributed by atoms with Crippen molar-refractivity contribution >= 4 is 11.3 Å². The van der Waals surface area contributed by atoms with Crippen LogP contribution >= 0.6 is 0 Å². The Kier molecular flexibility index (Phi) is 3.04. The van der Waals surface area contributed by atoms with Crippen LogP contribution in [0.1, 0.15) is 12.1 Å². The predicted molar refractivity (Wildman–Crippen MR) is 67.7 cm³/mol. The first-order valence-corrected chi connectivity index (χ1v) is 6.33. The largest absolute Gasteiger partial charge is 0.435 e. The smallest absolute Gasteiger partial charge is 0.353 e. The summed E-state index contributed by atoms with van der Waals surface area (Å²) in [6.45, 7) is 1.50. The van der Waals surface area contributed by atoms with Gasteiger partial charge in [-0.15, -0.1) is 0 Å². The molecule has 3 heterocycles. The molecule has 0 radical (unpaired) electrons. The molecular weight excluding hydrogens is 271 g/mol. The number of fused-ring (bicyclic) bond motifs is 1. The normalized spacial score (nSPS) is 20.0. The number of hydrogen-bond donors (Lipinski definition) is 1. The van der Waals surface area contributed by atoms with Gasteiger partial charge in [0.05, 0.1) is 0 Å². The maximum Gasteiger partial charge on any atom is 0.435 e. The third-order valence-corrected chi connectivity index (χ3v) is 3.56. The fourth-order valence-corrected chi connectivity index (χ4v) is 2.48. The van der Waals surface area contributed by atoms with E-state index in [4.69, 9.17) is 0 Å². The summed E-state index contributed by atoms with van der Waals surface area (Å²) in [5, 5.41) is 6.73. The van der Waals surface area contributed by atoms with Crippen molar-refractivity contribution < 1.29 is 13.2 Å². The van der Waals surface area contributed by atoms with Crippen LogP contribution in [0.15, 0.2) is 18.5 Å². The van der Waals surface area contributed by atoms with E-state index in [1.54, 1.807) is 0 Å². The Labute approximate surface area is 113 Å². The standard InChI is InChI=1S/C12H14F3N5/c1-16-8-2-4-19(7-8)11-9-6-10(12(13,14)15)18-20(9)5-3-17-11/h3,5-6,8,16H,2,4,7H2,1H3. The zero-order valence-electron chi connectivity index (χ0n) is 10.9. The van der Waals surface area contributed by atoms with Crippen molar-refractivity contribution in [2.24, 2.45) is 0 Å². The van der Waals surface area contributed by atoms with Crippen LogP contribution in [0, 0.1) is 0 Å². The SMILES string of the molecule is CNC1CCN(c2nccn3nc(C(F)(F)F)cc23)C1. The summed E-state index contributed by atoms with van der Waals surface area (Å²) in [5.74, 6) is 0.549. The van der Waals surface area contributed by atoms with Crippen LogP contribution in [0.4, 0.5) is 19.0 Å². The van der Waals surface area contributed by atoms with E-state index < -0.39 is 11.9 Å². The molecule has 0 aromatic carbocycles. The fraction of sp³-hybridized carbons (Fsp3) is 0.500. The van der Waals surface area contributed by atoms with Crippen molar-refractivity contribution in [3.63, 3.8) is 0 Å². The predicted octanol–water partition coefficient (Wildman–Crippen LogP) is 1.55. The maximum atomic E-state index is 12.7. The summed E-state index contributed by atoms with van der Waals surface area (Å²) in [7, 11) is 1.88. The first-order chi connectivity index (χ1) is 9.49. The molecule has 0 amide bonds. The first kappa shape index (κ1) is 13.2. The van der Waals surface area contributed by atoms with Crippen molar-refractivity contribution in [2.45, 2.75) is 18.6 Å². The average Bonchev–Trinajstić information content (AvgIpc) is 3.04. The Morgan fingerprint density at radius 3 is 2.85 bits per heavy atom. The molecule has 0 bridgehead atoms. The molecular formula is C12H14F3N5. The lowest BCUT2D eigenvalue weighted by molar-refractivity contribution is -0.141. The number of alkyl halides is 3. The topological polar surface area (TPSA) is 45.5 Å². The van der Waals surface area contributed by atoms with Crippen molar-refractivity contribution in [1.82, 2.24) is 19.9 Å². The van der Waals surface area contributed by atoms with E-state index in [1.807, 2.05) is 11.9 Å². The second-order valence-electron chi connectivity index (χ2n) is 4.83. The molecule has 3 rings (SSSR count). The summed E-state index contributed by atoms with van der Waals surface area (Å²) in [6.07, 6.45) is -0.594. The van der Waals surface area contributed by atoms with E-state index in [9.17, 15) is 13.2 Å². The third-order valence-electron chi connectivity index (χ3n) is 3.56. The lowest BCUT2D eigenvalue weighted by atomic mass is 10.3. The Bertz CT molecular complexity index is 621. The fourth-order valence-electron chi connectivity index (χ4n) is 2.48. The van der Waals surface area contributed by atoms with Crippen LogP contribution in [-0.4, -0.2) is 40.8 Å². The van der Waals surface area contributed by atoms with Gasteiger partial charge < -0.3 is 10.2 Å². The lowest BCUT2D eigenvalue weighted by Gasteiger charge is -2.17. The monoisotopic (exact) mass is 285 g/mol. The van der Waals surface area contributed by atoms with Crippen LogP contribution in [0.2, 0.25) is 0 Å². The van der Waals surface area contributed by atoms with E-state index in [0.717, 1.165) is 25.6 Å². The second-order valence-corrected chi connectivity index (χ2v) is 4.83. The van der Waals surface area contributed by atoms with E-state index in [2.05, 4.69) is 15.4 Å². The van der Waals surface area contributed by atoms with E-state index in [-0.39, 0.29) is 0 Å². The van der Waals surface area contributed by atoms with Crippen LogP contribution in [-0.2, 0) is 6.18 Å². The minimum atomic E-state index is -4.44. The number of halogens is 3. The zero-order chi connectivity index (χ0) is 14.3. The van der Waals surface area contributed by atoms with Gasteiger partial charge in [-0.05, 0) is 13.5 Å². The number of likely N-dealkylation sites (N-methyl/N-ethyl adjacent to an activating group) is 1. The van der Waals surface area contributed by atoms with Gasteiger partial charge in [0.25, 0.3) is 0 Å². The molecule has 5 nitrogen and oxygen atoms in total. The lowest BCUT2D eigenvalue weighted by Crippen LogP contribution is -2.30. The molecule has 0 aliphatic carbocycles. The number of rotatable bonds is 2. The summed E-state index contributed by atoms with van der Waals surface area (Å²) in [6, 6.07) is 1.39. The quantitative estimate of drug-likeness (QED) is 0.909. The van der Waals surface area contributed by atoms with Crippen molar-refractivity contribution in [2.75, 3.05) is 25.0 Å². The molecule has 2 aromatic heterocycles. The highest BCUT2D eigenvalue weighted by Gasteiger charge is 2.35. The highest BCUT2D eigenvalue weighted by molar-refractivity contribution is 5.69. The maximum absolute atomic E-state index is 12.7. The van der Waals surface area contributed by atoms with Crippen LogP contribution in [0.3, 0.4) is 0 Å². The molecule has 108 valence electrons. The van der Waals surface area contributed by atoms with Crippen LogP contribution in [0.25, 0.3) is 5.52 Å². The molecule has 1 saturated heterocycles. The van der Waals surface area contributed by atoms with Crippen molar-refractivity contribution in [1.29, 1.82) is 0 Å². The summed E-state index contributed by atoms with van der Waals surface area (Å²) >= 11 is 0. The van der Waals surface area contributed by atoms with Gasteiger partial charge in [-0.3, -0.25) is 0 Å². The molecule has 1 fully saturated rings. The number of nitrogens with zero attached hydrogens (tertiary/aromatic N) is 4. The second kappa shape index (κ2) is 4.62. The van der Waals surface area contributed by atoms with E-state index >= 15 is 0 Å². The Balaban J connectivity index is 2.01. The van der Waals surface area contributed by atoms with Gasteiger partial charge in [-0.25, -0.2) is 9.50 Å². The number of anilines is 1. The number of nitrogens with one attached hydrogen (secondary N) is 1. The van der Waals surface area contributed by atoms with Gasteiger partial charge in [0.1, 0.15) is 5.52 Å². The van der Waals surface area contributed by atoms with E-state index in [1.165, 1.54) is 16.9 Å². The van der Waals surface area contributed by atoms with Gasteiger partial charge >= 0.3 is 6.18 Å². The number of aromatic nitrogens is 3. The highest BCUT2D eigenvalue weighted by Crippen LogP contribution is 2.31. The number of hydrogen-bond acceptors (Lipinski definition) is 4. The van der Waals surface area contributed by atoms with Crippen molar-refractivity contribution in [3.8, 4) is 0 Å². The molecule has 1 atom stereocenters. The average molecular weight is 285 g/mol. The Hall–Kier alpha value is -1.83. The van der Waals surface area contributed by atoms with Gasteiger partial charge in [0, 0.05) is 37.6 Å². The molecule has 0 spiro atoms. The Morgan fingerprint density at radius 1 is 1.40 bits per heavy atom. The van der Waals surface area contributed by atoms with Crippen LogP contribution in [0.5, 0.6) is 0 Å². The minimum Gasteiger partial charge on any atom is -0.353 e. The minimum absolute atomic E-state index is 0.335. The van der Waals surface area contributed by atoms with Crippen LogP contribution < -0.4 is 10.2 Å². The van der Waals surface area contributed by atoms with Gasteiger partial charge in [-0.1, -0.05) is 0 Å². The summed E-state index contributed by atoms with van der Waals surface area (Å²) in [5.41, 5.74) is -0.507. The molecule has 1 aliphatic heterocycles. The third kappa shape index (κ3) is 2.20. The summed E-state index contributed by atoms with van der Waals surface area (Å²) in [4.78, 5) is 6.21. The summed E-state index contributed by atoms with van der Waals surface area (Å²) < 4.78 is 39.4. The van der Waals surface area contributed by atoms with E-state index in [0.29, 0.717) is 17.4 Å². The molecule has 1 aliphatic rings. The van der Waals surface area contributed by atoms with Crippen molar-refractivity contribution in [3.05, 3.63) is 24.2 Å². The Morgan fingerprint density at radius 2 is 2.20 bits per heavy atom. The highest BCUT2D eigenvalue weighted by atomic mass is 19.4. The molecule has 1 unspecified atom stereocenters. The van der Waals surface area contributed by atoms with Gasteiger partial charge in [0.2, 0.25) is 0 Å². The van der Waals surface area contributed by atoms with Gasteiger partial charge in [-0.2, -0.15) is 18.3 Å². The molecule has 2 aromatic rings. The van der Waals surface area contributed by atoms with Gasteiger partial charge in [0.15, 0.2) is 11.5 Å².